The van der Waals surface area contributed by atoms with E-state index in [1.807, 2.05) is 45.0 Å². The van der Waals surface area contributed by atoms with E-state index in [0.29, 0.717) is 6.42 Å². The molecule has 0 saturated heterocycles. The molecule has 0 aromatic heterocycles. The quantitative estimate of drug-likeness (QED) is 0.673. The van der Waals surface area contributed by atoms with Gasteiger partial charge in [-0.15, -0.1) is 0 Å². The lowest BCUT2D eigenvalue weighted by atomic mass is 9.99. The Labute approximate surface area is 120 Å². The highest BCUT2D eigenvalue weighted by molar-refractivity contribution is 5.82. The van der Waals surface area contributed by atoms with Crippen LogP contribution in [0.2, 0.25) is 0 Å². The molecule has 1 rings (SSSR count). The Bertz CT molecular complexity index is 533. The number of carbonyl (C=O) groups is 1. The molecule has 0 N–H and O–H groups in total. The van der Waals surface area contributed by atoms with Gasteiger partial charge in [-0.2, -0.15) is 0 Å². The molecule has 0 spiro atoms. The van der Waals surface area contributed by atoms with Crippen molar-refractivity contribution in [2.75, 3.05) is 0 Å². The molecule has 0 atom stereocenters. The van der Waals surface area contributed by atoms with E-state index in [2.05, 4.69) is 6.58 Å². The van der Waals surface area contributed by atoms with Crippen molar-refractivity contribution in [3.63, 3.8) is 0 Å². The zero-order chi connectivity index (χ0) is 15.1. The first-order valence-corrected chi connectivity index (χ1v) is 6.72. The van der Waals surface area contributed by atoms with Gasteiger partial charge >= 0.3 is 0 Å². The topological polar surface area (TPSA) is 17.1 Å². The molecule has 106 valence electrons. The molecule has 0 unspecified atom stereocenters. The number of halogens is 1. The predicted octanol–water partition coefficient (Wildman–Crippen LogP) is 4.90. The van der Waals surface area contributed by atoms with E-state index in [1.165, 1.54) is 12.2 Å². The fourth-order valence-corrected chi connectivity index (χ4v) is 1.66. The van der Waals surface area contributed by atoms with Crippen molar-refractivity contribution >= 4 is 11.4 Å². The molecule has 0 aliphatic carbocycles. The first kappa shape index (κ1) is 16.1. The number of Topliss-reactive ketones (excluding diaryl/α,β-unsaturated/α-hetero) is 1. The van der Waals surface area contributed by atoms with Crippen LogP contribution in [0.1, 0.15) is 31.9 Å². The highest BCUT2D eigenvalue weighted by Crippen LogP contribution is 2.16. The van der Waals surface area contributed by atoms with Crippen molar-refractivity contribution in [1.29, 1.82) is 0 Å². The maximum Gasteiger partial charge on any atom is 0.139 e. The summed E-state index contributed by atoms with van der Waals surface area (Å²) in [4.78, 5) is 11.7. The lowest BCUT2D eigenvalue weighted by Gasteiger charge is -2.06. The Morgan fingerprint density at radius 3 is 2.35 bits per heavy atom. The molecule has 0 aliphatic rings. The van der Waals surface area contributed by atoms with E-state index in [9.17, 15) is 9.18 Å². The van der Waals surface area contributed by atoms with E-state index in [1.54, 1.807) is 6.08 Å². The van der Waals surface area contributed by atoms with Gasteiger partial charge in [0.25, 0.3) is 0 Å². The van der Waals surface area contributed by atoms with Gasteiger partial charge in [-0.05, 0) is 35.8 Å². The van der Waals surface area contributed by atoms with Crippen LogP contribution in [0.4, 0.5) is 4.39 Å². The van der Waals surface area contributed by atoms with E-state index in [4.69, 9.17) is 0 Å². The third kappa shape index (κ3) is 4.96. The average molecular weight is 272 g/mol. The lowest BCUT2D eigenvalue weighted by molar-refractivity contribution is -0.121. The van der Waals surface area contributed by atoms with Crippen LogP contribution in [0, 0.1) is 5.92 Å². The van der Waals surface area contributed by atoms with Gasteiger partial charge in [0.2, 0.25) is 0 Å². The SMILES string of the molecule is C=C/C(F)=C\C=C(/C)c1ccc(CC(=O)C(C)C)cc1. The fraction of sp³-hybridized carbons (Fsp3) is 0.278. The summed E-state index contributed by atoms with van der Waals surface area (Å²) in [6, 6.07) is 7.80. The maximum atomic E-state index is 13.0. The summed E-state index contributed by atoms with van der Waals surface area (Å²) in [6.07, 6.45) is 4.74. The maximum absolute atomic E-state index is 13.0. The van der Waals surface area contributed by atoms with E-state index >= 15 is 0 Å². The number of hydrogen-bond donors (Lipinski definition) is 0. The van der Waals surface area contributed by atoms with Gasteiger partial charge in [0.15, 0.2) is 0 Å². The minimum atomic E-state index is -0.358. The highest BCUT2D eigenvalue weighted by atomic mass is 19.1. The molecule has 1 aromatic carbocycles. The average Bonchev–Trinajstić information content (AvgIpc) is 2.44. The summed E-state index contributed by atoms with van der Waals surface area (Å²) in [7, 11) is 0. The number of allylic oxidation sites excluding steroid dienone is 5. The van der Waals surface area contributed by atoms with Crippen LogP contribution in [-0.4, -0.2) is 5.78 Å². The van der Waals surface area contributed by atoms with Crippen molar-refractivity contribution in [2.45, 2.75) is 27.2 Å². The van der Waals surface area contributed by atoms with Crippen molar-refractivity contribution in [1.82, 2.24) is 0 Å². The van der Waals surface area contributed by atoms with Crippen LogP contribution in [0.15, 0.2) is 54.9 Å². The Kier molecular flexibility index (Phi) is 6.10. The Balaban J connectivity index is 2.81. The van der Waals surface area contributed by atoms with E-state index < -0.39 is 0 Å². The van der Waals surface area contributed by atoms with Crippen LogP contribution in [0.5, 0.6) is 0 Å². The third-order valence-electron chi connectivity index (χ3n) is 3.12. The first-order chi connectivity index (χ1) is 9.43. The van der Waals surface area contributed by atoms with Crippen LogP contribution in [0.25, 0.3) is 5.57 Å². The molecule has 0 radical (unpaired) electrons. The van der Waals surface area contributed by atoms with Gasteiger partial charge in [-0.3, -0.25) is 4.79 Å². The Hall–Kier alpha value is -1.96. The van der Waals surface area contributed by atoms with Gasteiger partial charge in [-0.1, -0.05) is 50.8 Å². The molecular formula is C18H21FO. The largest absolute Gasteiger partial charge is 0.299 e. The van der Waals surface area contributed by atoms with Gasteiger partial charge in [0.1, 0.15) is 11.6 Å². The summed E-state index contributed by atoms with van der Waals surface area (Å²) in [5.41, 5.74) is 2.98. The first-order valence-electron chi connectivity index (χ1n) is 6.72. The second-order valence-electron chi connectivity index (χ2n) is 5.10. The molecule has 0 amide bonds. The number of hydrogen-bond acceptors (Lipinski definition) is 1. The van der Waals surface area contributed by atoms with Crippen molar-refractivity contribution in [2.24, 2.45) is 5.92 Å². The van der Waals surface area contributed by atoms with Gasteiger partial charge in [0.05, 0.1) is 0 Å². The van der Waals surface area contributed by atoms with Crippen molar-refractivity contribution < 1.29 is 9.18 Å². The fourth-order valence-electron chi connectivity index (χ4n) is 1.66. The second-order valence-corrected chi connectivity index (χ2v) is 5.10. The molecule has 0 heterocycles. The molecule has 1 aromatic rings. The van der Waals surface area contributed by atoms with Crippen LogP contribution < -0.4 is 0 Å². The zero-order valence-electron chi connectivity index (χ0n) is 12.3. The summed E-state index contributed by atoms with van der Waals surface area (Å²) >= 11 is 0. The summed E-state index contributed by atoms with van der Waals surface area (Å²) in [5, 5.41) is 0. The molecule has 0 saturated carbocycles. The molecule has 0 bridgehead atoms. The van der Waals surface area contributed by atoms with E-state index in [-0.39, 0.29) is 17.5 Å². The molecule has 20 heavy (non-hydrogen) atoms. The predicted molar refractivity (Wildman–Crippen MR) is 83.0 cm³/mol. The Morgan fingerprint density at radius 2 is 1.85 bits per heavy atom. The standard InChI is InChI=1S/C18H21FO/c1-5-17(19)11-6-14(4)16-9-7-15(8-10-16)12-18(20)13(2)3/h5-11,13H,1,12H2,2-4H3/b14-6+,17-11+. The van der Waals surface area contributed by atoms with Crippen molar-refractivity contribution in [3.05, 3.63) is 66.0 Å². The monoisotopic (exact) mass is 272 g/mol. The summed E-state index contributed by atoms with van der Waals surface area (Å²) in [6.45, 7) is 9.09. The molecule has 0 aliphatic heterocycles. The molecular weight excluding hydrogens is 251 g/mol. The number of carbonyl (C=O) groups excluding carboxylic acids is 1. The minimum absolute atomic E-state index is 0.0586. The van der Waals surface area contributed by atoms with Crippen molar-refractivity contribution in [3.8, 4) is 0 Å². The lowest BCUT2D eigenvalue weighted by Crippen LogP contribution is -2.09. The normalized spacial score (nSPS) is 12.7. The number of ketones is 1. The molecule has 2 heteroatoms. The van der Waals surface area contributed by atoms with E-state index in [0.717, 1.165) is 16.7 Å². The third-order valence-corrected chi connectivity index (χ3v) is 3.12. The number of benzene rings is 1. The van der Waals surface area contributed by atoms with Gasteiger partial charge in [-0.25, -0.2) is 4.39 Å². The molecule has 1 nitrogen and oxygen atoms in total. The van der Waals surface area contributed by atoms with Crippen LogP contribution in [-0.2, 0) is 11.2 Å². The number of rotatable bonds is 6. The van der Waals surface area contributed by atoms with Gasteiger partial charge < -0.3 is 0 Å². The molecule has 0 fully saturated rings. The minimum Gasteiger partial charge on any atom is -0.299 e. The second kappa shape index (κ2) is 7.59. The summed E-state index contributed by atoms with van der Waals surface area (Å²) in [5.74, 6) is -0.0622. The Morgan fingerprint density at radius 1 is 1.25 bits per heavy atom. The summed E-state index contributed by atoms with van der Waals surface area (Å²) < 4.78 is 13.0. The zero-order valence-corrected chi connectivity index (χ0v) is 12.3. The van der Waals surface area contributed by atoms with Crippen LogP contribution in [0.3, 0.4) is 0 Å². The highest BCUT2D eigenvalue weighted by Gasteiger charge is 2.08. The van der Waals surface area contributed by atoms with Gasteiger partial charge in [0, 0.05) is 12.3 Å². The smallest absolute Gasteiger partial charge is 0.139 e. The van der Waals surface area contributed by atoms with Crippen LogP contribution >= 0.6 is 0 Å².